The van der Waals surface area contributed by atoms with Crippen molar-refractivity contribution < 1.29 is 14.1 Å². The molecule has 0 saturated carbocycles. The Bertz CT molecular complexity index is 1230. The van der Waals surface area contributed by atoms with Gasteiger partial charge in [-0.05, 0) is 36.4 Å². The number of nitrogens with zero attached hydrogens (tertiary/aromatic N) is 2. The van der Waals surface area contributed by atoms with Gasteiger partial charge in [0, 0.05) is 28.8 Å². The molecule has 0 radical (unpaired) electrons. The van der Waals surface area contributed by atoms with Gasteiger partial charge in [0.2, 0.25) is 0 Å². The average molecular weight is 463 g/mol. The molecule has 0 atom stereocenters. The second-order valence-corrected chi connectivity index (χ2v) is 7.12. The van der Waals surface area contributed by atoms with Crippen LogP contribution in [0.3, 0.4) is 0 Å². The zero-order valence-corrected chi connectivity index (χ0v) is 17.1. The van der Waals surface area contributed by atoms with Crippen LogP contribution in [0.2, 0.25) is 15.1 Å². The molecule has 7 nitrogen and oxygen atoms in total. The van der Waals surface area contributed by atoms with E-state index < -0.39 is 10.8 Å². The molecule has 0 unspecified atom stereocenters. The van der Waals surface area contributed by atoms with E-state index in [-0.39, 0.29) is 27.7 Å². The number of amides is 1. The van der Waals surface area contributed by atoms with Crippen molar-refractivity contribution in [3.8, 4) is 17.4 Å². The molecule has 0 aliphatic rings. The first kappa shape index (κ1) is 21.4. The summed E-state index contributed by atoms with van der Waals surface area (Å²) >= 11 is 18.1. The molecule has 1 N–H and O–H groups in total. The van der Waals surface area contributed by atoms with E-state index in [4.69, 9.17) is 39.2 Å². The van der Waals surface area contributed by atoms with Crippen LogP contribution < -0.4 is 5.32 Å². The molecule has 30 heavy (non-hydrogen) atoms. The monoisotopic (exact) mass is 461 g/mol. The molecule has 1 amide bonds. The summed E-state index contributed by atoms with van der Waals surface area (Å²) in [6, 6.07) is 13.4. The fraction of sp³-hybridized carbons (Fsp3) is 0. The van der Waals surface area contributed by atoms with Gasteiger partial charge in [0.15, 0.2) is 0 Å². The standard InChI is InChI=1S/C20H10Cl3N3O4/c21-12-1-4-16(22)15(8-12)19-6-3-14(30-19)7-11(10-24)20(27)25-18-9-13(26(28)29)2-5-17(18)23/h1-9H,(H,25,27)/b11-7+. The summed E-state index contributed by atoms with van der Waals surface area (Å²) in [5.41, 5.74) is -0.0000550. The largest absolute Gasteiger partial charge is 0.457 e. The predicted molar refractivity (Wildman–Crippen MR) is 114 cm³/mol. The van der Waals surface area contributed by atoms with E-state index >= 15 is 0 Å². The van der Waals surface area contributed by atoms with Crippen LogP contribution in [0.25, 0.3) is 17.4 Å². The van der Waals surface area contributed by atoms with E-state index in [1.807, 2.05) is 0 Å². The van der Waals surface area contributed by atoms with Crippen LogP contribution in [-0.2, 0) is 4.79 Å². The van der Waals surface area contributed by atoms with Crippen molar-refractivity contribution in [2.45, 2.75) is 0 Å². The Kier molecular flexibility index (Phi) is 6.43. The molecule has 3 rings (SSSR count). The van der Waals surface area contributed by atoms with E-state index in [0.717, 1.165) is 6.07 Å². The van der Waals surface area contributed by atoms with Crippen molar-refractivity contribution in [3.05, 3.63) is 85.0 Å². The molecule has 10 heteroatoms. The number of furan rings is 1. The Morgan fingerprint density at radius 3 is 2.53 bits per heavy atom. The maximum absolute atomic E-state index is 12.4. The van der Waals surface area contributed by atoms with Gasteiger partial charge in [-0.3, -0.25) is 14.9 Å². The third kappa shape index (κ3) is 4.81. The van der Waals surface area contributed by atoms with E-state index in [9.17, 15) is 20.2 Å². The summed E-state index contributed by atoms with van der Waals surface area (Å²) in [6.45, 7) is 0. The lowest BCUT2D eigenvalue weighted by Gasteiger charge is -2.06. The van der Waals surface area contributed by atoms with Crippen LogP contribution in [0.5, 0.6) is 0 Å². The third-order valence-electron chi connectivity index (χ3n) is 3.88. The van der Waals surface area contributed by atoms with Gasteiger partial charge in [-0.2, -0.15) is 5.26 Å². The van der Waals surface area contributed by atoms with Crippen LogP contribution in [0.4, 0.5) is 11.4 Å². The molecule has 150 valence electrons. The van der Waals surface area contributed by atoms with Gasteiger partial charge in [-0.15, -0.1) is 0 Å². The van der Waals surface area contributed by atoms with Crippen molar-refractivity contribution in [1.82, 2.24) is 0 Å². The molecule has 0 bridgehead atoms. The van der Waals surface area contributed by atoms with Gasteiger partial charge in [0.1, 0.15) is 23.2 Å². The van der Waals surface area contributed by atoms with Crippen molar-refractivity contribution in [1.29, 1.82) is 5.26 Å². The molecule has 0 aliphatic carbocycles. The predicted octanol–water partition coefficient (Wildman–Crippen LogP) is 6.36. The molecule has 0 saturated heterocycles. The summed E-state index contributed by atoms with van der Waals surface area (Å²) in [5.74, 6) is -0.190. The van der Waals surface area contributed by atoms with E-state index in [0.29, 0.717) is 21.4 Å². The summed E-state index contributed by atoms with van der Waals surface area (Å²) in [6.07, 6.45) is 1.22. The second kappa shape index (κ2) is 9.01. The Labute approximate surface area is 185 Å². The summed E-state index contributed by atoms with van der Waals surface area (Å²) in [4.78, 5) is 22.7. The Morgan fingerprint density at radius 1 is 1.10 bits per heavy atom. The highest BCUT2D eigenvalue weighted by molar-refractivity contribution is 6.35. The smallest absolute Gasteiger partial charge is 0.271 e. The number of benzene rings is 2. The lowest BCUT2D eigenvalue weighted by molar-refractivity contribution is -0.384. The number of hydrogen-bond acceptors (Lipinski definition) is 5. The minimum Gasteiger partial charge on any atom is -0.457 e. The lowest BCUT2D eigenvalue weighted by atomic mass is 10.2. The Balaban J connectivity index is 1.86. The van der Waals surface area contributed by atoms with Crippen LogP contribution in [0, 0.1) is 21.4 Å². The topological polar surface area (TPSA) is 109 Å². The normalized spacial score (nSPS) is 11.1. The number of nitro groups is 1. The first-order chi connectivity index (χ1) is 14.3. The number of carbonyl (C=O) groups excluding carboxylic acids is 1. The van der Waals surface area contributed by atoms with Gasteiger partial charge in [0.05, 0.1) is 20.7 Å². The summed E-state index contributed by atoms with van der Waals surface area (Å²) < 4.78 is 5.65. The highest BCUT2D eigenvalue weighted by atomic mass is 35.5. The maximum Gasteiger partial charge on any atom is 0.271 e. The summed E-state index contributed by atoms with van der Waals surface area (Å²) in [7, 11) is 0. The summed E-state index contributed by atoms with van der Waals surface area (Å²) in [5, 5.41) is 23.6. The Hall–Kier alpha value is -3.31. The number of nitriles is 1. The van der Waals surface area contributed by atoms with Crippen molar-refractivity contribution in [2.75, 3.05) is 5.32 Å². The number of carbonyl (C=O) groups is 1. The SMILES string of the molecule is N#C/C(=C\c1ccc(-c2cc(Cl)ccc2Cl)o1)C(=O)Nc1cc([N+](=O)[O-])ccc1Cl. The first-order valence-electron chi connectivity index (χ1n) is 8.21. The number of nitrogens with one attached hydrogen (secondary N) is 1. The molecule has 1 aromatic heterocycles. The number of halogens is 3. The van der Waals surface area contributed by atoms with Crippen LogP contribution in [-0.4, -0.2) is 10.8 Å². The minimum absolute atomic E-state index is 0.00265. The third-order valence-corrected chi connectivity index (χ3v) is 4.78. The maximum atomic E-state index is 12.4. The molecule has 2 aromatic carbocycles. The first-order valence-corrected chi connectivity index (χ1v) is 9.34. The van der Waals surface area contributed by atoms with Gasteiger partial charge < -0.3 is 9.73 Å². The zero-order valence-electron chi connectivity index (χ0n) is 14.9. The molecule has 0 fully saturated rings. The van der Waals surface area contributed by atoms with E-state index in [1.165, 1.54) is 18.2 Å². The van der Waals surface area contributed by atoms with Gasteiger partial charge in [-0.25, -0.2) is 0 Å². The van der Waals surface area contributed by atoms with E-state index in [2.05, 4.69) is 5.32 Å². The number of non-ortho nitro benzene ring substituents is 1. The number of nitro benzene ring substituents is 1. The van der Waals surface area contributed by atoms with Crippen molar-refractivity contribution in [2.24, 2.45) is 0 Å². The molecule has 3 aromatic rings. The molecular formula is C20H10Cl3N3O4. The number of anilines is 1. The molecule has 0 aliphatic heterocycles. The fourth-order valence-electron chi connectivity index (χ4n) is 2.46. The van der Waals surface area contributed by atoms with Crippen LogP contribution in [0.1, 0.15) is 5.76 Å². The lowest BCUT2D eigenvalue weighted by Crippen LogP contribution is -2.13. The zero-order chi connectivity index (χ0) is 21.8. The van der Waals surface area contributed by atoms with Crippen molar-refractivity contribution in [3.63, 3.8) is 0 Å². The number of hydrogen-bond donors (Lipinski definition) is 1. The van der Waals surface area contributed by atoms with Crippen LogP contribution in [0.15, 0.2) is 58.5 Å². The van der Waals surface area contributed by atoms with Gasteiger partial charge in [0.25, 0.3) is 11.6 Å². The molecular weight excluding hydrogens is 453 g/mol. The van der Waals surface area contributed by atoms with Crippen molar-refractivity contribution >= 4 is 58.2 Å². The highest BCUT2D eigenvalue weighted by Gasteiger charge is 2.16. The van der Waals surface area contributed by atoms with E-state index in [1.54, 1.807) is 36.4 Å². The van der Waals surface area contributed by atoms with Gasteiger partial charge in [-0.1, -0.05) is 34.8 Å². The minimum atomic E-state index is -0.807. The van der Waals surface area contributed by atoms with Gasteiger partial charge >= 0.3 is 0 Å². The van der Waals surface area contributed by atoms with Crippen LogP contribution >= 0.6 is 34.8 Å². The molecule has 1 heterocycles. The second-order valence-electron chi connectivity index (χ2n) is 5.87. The highest BCUT2D eigenvalue weighted by Crippen LogP contribution is 2.32. The average Bonchev–Trinajstić information content (AvgIpc) is 3.17. The Morgan fingerprint density at radius 2 is 1.83 bits per heavy atom. The number of rotatable bonds is 5. The fourth-order valence-corrected chi connectivity index (χ4v) is 3.01. The quantitative estimate of drug-likeness (QED) is 0.205. The molecule has 0 spiro atoms.